The molecular weight excluding hydrogens is 380 g/mol. The summed E-state index contributed by atoms with van der Waals surface area (Å²) in [5.74, 6) is 1.15. The van der Waals surface area contributed by atoms with Crippen molar-refractivity contribution in [3.8, 4) is 17.6 Å². The van der Waals surface area contributed by atoms with Gasteiger partial charge in [-0.15, -0.1) is 0 Å². The highest BCUT2D eigenvalue weighted by atomic mass is 16.6. The molecule has 0 spiro atoms. The summed E-state index contributed by atoms with van der Waals surface area (Å²) in [6.07, 6.45) is 1.70. The molecule has 0 aliphatic rings. The maximum atomic E-state index is 10.8. The highest BCUT2D eigenvalue weighted by molar-refractivity contribution is 5.90. The summed E-state index contributed by atoms with van der Waals surface area (Å²) >= 11 is 0. The third-order valence-corrected chi connectivity index (χ3v) is 4.49. The van der Waals surface area contributed by atoms with Crippen molar-refractivity contribution in [1.82, 2.24) is 0 Å². The Morgan fingerprint density at radius 3 is 2.50 bits per heavy atom. The predicted molar refractivity (Wildman–Crippen MR) is 115 cm³/mol. The van der Waals surface area contributed by atoms with Crippen LogP contribution in [0.2, 0.25) is 0 Å². The molecule has 6 heteroatoms. The van der Waals surface area contributed by atoms with E-state index in [1.54, 1.807) is 37.5 Å². The number of non-ortho nitro benzene ring substituents is 1. The number of nitro benzene ring substituents is 1. The number of ether oxygens (including phenoxy) is 2. The van der Waals surface area contributed by atoms with Crippen molar-refractivity contribution in [3.63, 3.8) is 0 Å². The molecule has 0 heterocycles. The van der Waals surface area contributed by atoms with E-state index in [0.29, 0.717) is 29.2 Å². The van der Waals surface area contributed by atoms with Gasteiger partial charge in [0.15, 0.2) is 11.5 Å². The lowest BCUT2D eigenvalue weighted by molar-refractivity contribution is -0.384. The first-order chi connectivity index (χ1) is 14.5. The highest BCUT2D eigenvalue weighted by Gasteiger charge is 2.09. The summed E-state index contributed by atoms with van der Waals surface area (Å²) in [6, 6.07) is 21.5. The summed E-state index contributed by atoms with van der Waals surface area (Å²) in [5, 5.41) is 20.3. The van der Waals surface area contributed by atoms with Gasteiger partial charge in [0.25, 0.3) is 5.69 Å². The minimum absolute atomic E-state index is 0.0205. The lowest BCUT2D eigenvalue weighted by Crippen LogP contribution is -1.98. The largest absolute Gasteiger partial charge is 0.493 e. The number of nitro groups is 1. The van der Waals surface area contributed by atoms with Gasteiger partial charge in [-0.05, 0) is 54.0 Å². The molecule has 0 N–H and O–H groups in total. The quantitative estimate of drug-likeness (QED) is 0.224. The smallest absolute Gasteiger partial charge is 0.269 e. The normalized spacial score (nSPS) is 10.9. The van der Waals surface area contributed by atoms with E-state index in [0.717, 1.165) is 11.1 Å². The topological polar surface area (TPSA) is 85.4 Å². The molecular formula is C24H20N2O4. The summed E-state index contributed by atoms with van der Waals surface area (Å²) in [4.78, 5) is 10.3. The number of hydrogen-bond donors (Lipinski definition) is 0. The number of aryl methyl sites for hydroxylation is 1. The number of methoxy groups -OCH3 is 1. The van der Waals surface area contributed by atoms with Crippen molar-refractivity contribution in [2.45, 2.75) is 13.5 Å². The monoisotopic (exact) mass is 400 g/mol. The maximum Gasteiger partial charge on any atom is 0.269 e. The summed E-state index contributed by atoms with van der Waals surface area (Å²) in [6.45, 7) is 2.45. The second kappa shape index (κ2) is 9.39. The van der Waals surface area contributed by atoms with Gasteiger partial charge in [0.1, 0.15) is 6.61 Å². The molecule has 0 saturated carbocycles. The van der Waals surface area contributed by atoms with E-state index in [4.69, 9.17) is 9.47 Å². The van der Waals surface area contributed by atoms with E-state index in [-0.39, 0.29) is 5.69 Å². The van der Waals surface area contributed by atoms with Crippen LogP contribution in [0.25, 0.3) is 11.6 Å². The van der Waals surface area contributed by atoms with Gasteiger partial charge in [0.05, 0.1) is 23.7 Å². The zero-order valence-electron chi connectivity index (χ0n) is 16.7. The van der Waals surface area contributed by atoms with Crippen LogP contribution in [0.4, 0.5) is 5.69 Å². The van der Waals surface area contributed by atoms with Crippen molar-refractivity contribution in [1.29, 1.82) is 5.26 Å². The fourth-order valence-corrected chi connectivity index (χ4v) is 2.97. The van der Waals surface area contributed by atoms with E-state index >= 15 is 0 Å². The molecule has 0 fully saturated rings. The lowest BCUT2D eigenvalue weighted by atomic mass is 10.0. The lowest BCUT2D eigenvalue weighted by Gasteiger charge is -2.12. The van der Waals surface area contributed by atoms with Crippen LogP contribution in [0, 0.1) is 28.4 Å². The molecule has 0 bridgehead atoms. The Kier molecular flexibility index (Phi) is 6.46. The van der Waals surface area contributed by atoms with E-state index in [1.165, 1.54) is 17.7 Å². The molecule has 3 aromatic carbocycles. The number of rotatable bonds is 7. The van der Waals surface area contributed by atoms with Crippen molar-refractivity contribution in [3.05, 3.63) is 99.1 Å². The van der Waals surface area contributed by atoms with Crippen LogP contribution in [-0.4, -0.2) is 12.0 Å². The molecule has 0 amide bonds. The molecule has 0 aliphatic heterocycles. The molecule has 0 saturated heterocycles. The number of nitriles is 1. The maximum absolute atomic E-state index is 10.8. The van der Waals surface area contributed by atoms with Gasteiger partial charge in [-0.1, -0.05) is 35.9 Å². The van der Waals surface area contributed by atoms with Gasteiger partial charge in [0.2, 0.25) is 0 Å². The van der Waals surface area contributed by atoms with E-state index in [2.05, 4.69) is 12.1 Å². The van der Waals surface area contributed by atoms with Crippen LogP contribution in [-0.2, 0) is 6.61 Å². The third-order valence-electron chi connectivity index (χ3n) is 4.49. The Morgan fingerprint density at radius 2 is 1.87 bits per heavy atom. The number of nitrogens with zero attached hydrogens (tertiary/aromatic N) is 2. The van der Waals surface area contributed by atoms with Gasteiger partial charge < -0.3 is 9.47 Å². The van der Waals surface area contributed by atoms with Crippen molar-refractivity contribution >= 4 is 17.3 Å². The fraction of sp³-hybridized carbons (Fsp3) is 0.125. The summed E-state index contributed by atoms with van der Waals surface area (Å²) in [7, 11) is 1.56. The average molecular weight is 400 g/mol. The SMILES string of the molecule is COc1cc(/C=C(/C#N)c2ccc([N+](=O)[O-])cc2)ccc1OCc1cccc(C)c1. The van der Waals surface area contributed by atoms with Gasteiger partial charge in [-0.25, -0.2) is 0 Å². The number of hydrogen-bond acceptors (Lipinski definition) is 5. The molecule has 150 valence electrons. The van der Waals surface area contributed by atoms with E-state index < -0.39 is 4.92 Å². The minimum Gasteiger partial charge on any atom is -0.493 e. The predicted octanol–water partition coefficient (Wildman–Crippen LogP) is 5.56. The second-order valence-corrected chi connectivity index (χ2v) is 6.66. The zero-order valence-corrected chi connectivity index (χ0v) is 16.7. The molecule has 0 atom stereocenters. The third kappa shape index (κ3) is 5.03. The van der Waals surface area contributed by atoms with Gasteiger partial charge in [-0.2, -0.15) is 5.26 Å². The first-order valence-electron chi connectivity index (χ1n) is 9.23. The van der Waals surface area contributed by atoms with Gasteiger partial charge in [0, 0.05) is 12.1 Å². The summed E-state index contributed by atoms with van der Waals surface area (Å²) in [5.41, 5.74) is 3.95. The van der Waals surface area contributed by atoms with Crippen molar-refractivity contribution in [2.75, 3.05) is 7.11 Å². The fourth-order valence-electron chi connectivity index (χ4n) is 2.97. The minimum atomic E-state index is -0.472. The second-order valence-electron chi connectivity index (χ2n) is 6.66. The van der Waals surface area contributed by atoms with Crippen LogP contribution in [0.3, 0.4) is 0 Å². The van der Waals surface area contributed by atoms with Crippen LogP contribution in [0.15, 0.2) is 66.7 Å². The van der Waals surface area contributed by atoms with E-state index in [1.807, 2.05) is 31.2 Å². The molecule has 6 nitrogen and oxygen atoms in total. The molecule has 0 aromatic heterocycles. The van der Waals surface area contributed by atoms with Crippen LogP contribution in [0.1, 0.15) is 22.3 Å². The Bertz CT molecular complexity index is 1130. The Morgan fingerprint density at radius 1 is 1.10 bits per heavy atom. The molecule has 0 unspecified atom stereocenters. The van der Waals surface area contributed by atoms with Crippen molar-refractivity contribution < 1.29 is 14.4 Å². The molecule has 30 heavy (non-hydrogen) atoms. The standard InChI is InChI=1S/C24H20N2O4/c1-17-4-3-5-19(12-17)16-30-23-11-6-18(14-24(23)29-2)13-21(15-25)20-7-9-22(10-8-20)26(27)28/h3-14H,16H2,1-2H3/b21-13-. The van der Waals surface area contributed by atoms with Crippen LogP contribution in [0.5, 0.6) is 11.5 Å². The number of allylic oxidation sites excluding steroid dienone is 1. The molecule has 3 aromatic rings. The Labute approximate surface area is 174 Å². The Hall–Kier alpha value is -4.11. The Balaban J connectivity index is 1.81. The van der Waals surface area contributed by atoms with Crippen molar-refractivity contribution in [2.24, 2.45) is 0 Å². The van der Waals surface area contributed by atoms with Crippen LogP contribution < -0.4 is 9.47 Å². The molecule has 3 rings (SSSR count). The zero-order chi connectivity index (χ0) is 21.5. The van der Waals surface area contributed by atoms with Gasteiger partial charge >= 0.3 is 0 Å². The van der Waals surface area contributed by atoms with E-state index in [9.17, 15) is 15.4 Å². The first kappa shape index (κ1) is 20.6. The number of benzene rings is 3. The highest BCUT2D eigenvalue weighted by Crippen LogP contribution is 2.31. The summed E-state index contributed by atoms with van der Waals surface area (Å²) < 4.78 is 11.4. The van der Waals surface area contributed by atoms with Crippen LogP contribution >= 0.6 is 0 Å². The molecule has 0 aliphatic carbocycles. The first-order valence-corrected chi connectivity index (χ1v) is 9.23. The average Bonchev–Trinajstić information content (AvgIpc) is 2.76. The molecule has 0 radical (unpaired) electrons. The van der Waals surface area contributed by atoms with Gasteiger partial charge in [-0.3, -0.25) is 10.1 Å².